The molecular formula is C14H11FO2. The minimum Gasteiger partial charge on any atom is -0.453 e. The smallest absolute Gasteiger partial charge is 0.223 e. The van der Waals surface area contributed by atoms with Crippen LogP contribution < -0.4 is 0 Å². The summed E-state index contributed by atoms with van der Waals surface area (Å²) in [6, 6.07) is 5.86. The fourth-order valence-electron chi connectivity index (χ4n) is 2.16. The van der Waals surface area contributed by atoms with E-state index >= 15 is 0 Å². The van der Waals surface area contributed by atoms with Crippen LogP contribution in [0.4, 0.5) is 4.39 Å². The highest BCUT2D eigenvalue weighted by Gasteiger charge is 2.19. The molecule has 0 bridgehead atoms. The molecule has 17 heavy (non-hydrogen) atoms. The Morgan fingerprint density at radius 3 is 2.94 bits per heavy atom. The van der Waals surface area contributed by atoms with Crippen LogP contribution in [0.1, 0.15) is 29.8 Å². The lowest BCUT2D eigenvalue weighted by Crippen LogP contribution is -1.99. The molecule has 0 amide bonds. The van der Waals surface area contributed by atoms with Gasteiger partial charge < -0.3 is 4.42 Å². The second kappa shape index (κ2) is 3.84. The molecule has 1 aliphatic carbocycles. The molecule has 0 saturated carbocycles. The van der Waals surface area contributed by atoms with E-state index in [0.29, 0.717) is 16.7 Å². The van der Waals surface area contributed by atoms with Gasteiger partial charge in [0, 0.05) is 5.39 Å². The van der Waals surface area contributed by atoms with Gasteiger partial charge in [0.2, 0.25) is 5.78 Å². The SMILES string of the molecule is O=C(C1=CCCC1)c1cc2cc(F)ccc2o1. The third kappa shape index (κ3) is 1.78. The number of furan rings is 1. The van der Waals surface area contributed by atoms with Crippen molar-refractivity contribution < 1.29 is 13.6 Å². The Balaban J connectivity index is 2.03. The molecule has 86 valence electrons. The molecule has 0 atom stereocenters. The first-order valence-corrected chi connectivity index (χ1v) is 5.67. The Kier molecular flexibility index (Phi) is 2.32. The van der Waals surface area contributed by atoms with Crippen molar-refractivity contribution in [3.63, 3.8) is 0 Å². The fraction of sp³-hybridized carbons (Fsp3) is 0.214. The Labute approximate surface area is 97.7 Å². The predicted molar refractivity (Wildman–Crippen MR) is 62.4 cm³/mol. The van der Waals surface area contributed by atoms with Gasteiger partial charge in [-0.3, -0.25) is 4.79 Å². The van der Waals surface area contributed by atoms with E-state index in [0.717, 1.165) is 24.8 Å². The second-order valence-corrected chi connectivity index (χ2v) is 4.24. The third-order valence-electron chi connectivity index (χ3n) is 3.03. The standard InChI is InChI=1S/C14H11FO2/c15-11-5-6-12-10(7-11)8-13(17-12)14(16)9-3-1-2-4-9/h3,5-8H,1-2,4H2. The molecule has 3 rings (SSSR count). The summed E-state index contributed by atoms with van der Waals surface area (Å²) < 4.78 is 18.5. The van der Waals surface area contributed by atoms with Crippen molar-refractivity contribution in [1.29, 1.82) is 0 Å². The fourth-order valence-corrected chi connectivity index (χ4v) is 2.16. The second-order valence-electron chi connectivity index (χ2n) is 4.24. The number of benzene rings is 1. The third-order valence-corrected chi connectivity index (χ3v) is 3.03. The highest BCUT2D eigenvalue weighted by Crippen LogP contribution is 2.26. The highest BCUT2D eigenvalue weighted by atomic mass is 19.1. The quantitative estimate of drug-likeness (QED) is 0.733. The van der Waals surface area contributed by atoms with Gasteiger partial charge in [0.1, 0.15) is 11.4 Å². The minimum atomic E-state index is -0.322. The topological polar surface area (TPSA) is 30.2 Å². The number of carbonyl (C=O) groups is 1. The molecule has 1 aliphatic rings. The van der Waals surface area contributed by atoms with Crippen LogP contribution in [-0.4, -0.2) is 5.78 Å². The zero-order valence-electron chi connectivity index (χ0n) is 9.20. The van der Waals surface area contributed by atoms with Crippen molar-refractivity contribution in [2.24, 2.45) is 0 Å². The van der Waals surface area contributed by atoms with E-state index in [1.165, 1.54) is 12.1 Å². The summed E-state index contributed by atoms with van der Waals surface area (Å²) in [5, 5.41) is 0.631. The molecule has 1 heterocycles. The van der Waals surface area contributed by atoms with Gasteiger partial charge in [-0.2, -0.15) is 0 Å². The van der Waals surface area contributed by atoms with Crippen molar-refractivity contribution in [3.8, 4) is 0 Å². The first kappa shape index (κ1) is 10.3. The molecule has 2 nitrogen and oxygen atoms in total. The molecule has 1 aromatic heterocycles. The maximum Gasteiger partial charge on any atom is 0.223 e. The average molecular weight is 230 g/mol. The van der Waals surface area contributed by atoms with E-state index in [2.05, 4.69) is 0 Å². The van der Waals surface area contributed by atoms with E-state index in [-0.39, 0.29) is 11.6 Å². The van der Waals surface area contributed by atoms with Gasteiger partial charge in [0.05, 0.1) is 0 Å². The van der Waals surface area contributed by atoms with E-state index in [4.69, 9.17) is 4.42 Å². The van der Waals surface area contributed by atoms with Crippen molar-refractivity contribution in [2.75, 3.05) is 0 Å². The maximum absolute atomic E-state index is 13.0. The maximum atomic E-state index is 13.0. The van der Waals surface area contributed by atoms with Gasteiger partial charge in [0.25, 0.3) is 0 Å². The highest BCUT2D eigenvalue weighted by molar-refractivity contribution is 6.08. The van der Waals surface area contributed by atoms with Gasteiger partial charge in [-0.15, -0.1) is 0 Å². The van der Waals surface area contributed by atoms with E-state index in [9.17, 15) is 9.18 Å². The Hall–Kier alpha value is -1.90. The molecule has 1 aromatic carbocycles. The van der Waals surface area contributed by atoms with Gasteiger partial charge in [-0.1, -0.05) is 6.08 Å². The summed E-state index contributed by atoms with van der Waals surface area (Å²) in [6.07, 6.45) is 4.74. The number of ketones is 1. The van der Waals surface area contributed by atoms with Crippen LogP contribution in [-0.2, 0) is 0 Å². The van der Waals surface area contributed by atoms with Crippen LogP contribution in [0, 0.1) is 5.82 Å². The van der Waals surface area contributed by atoms with Crippen molar-refractivity contribution >= 4 is 16.8 Å². The monoisotopic (exact) mass is 230 g/mol. The summed E-state index contributed by atoms with van der Waals surface area (Å²) >= 11 is 0. The summed E-state index contributed by atoms with van der Waals surface area (Å²) in [5.41, 5.74) is 1.36. The summed E-state index contributed by atoms with van der Waals surface area (Å²) in [7, 11) is 0. The Morgan fingerprint density at radius 1 is 1.29 bits per heavy atom. The average Bonchev–Trinajstić information content (AvgIpc) is 2.96. The molecular weight excluding hydrogens is 219 g/mol. The van der Waals surface area contributed by atoms with E-state index in [1.807, 2.05) is 6.08 Å². The number of hydrogen-bond donors (Lipinski definition) is 0. The molecule has 2 aromatic rings. The number of Topliss-reactive ketones (excluding diaryl/α,β-unsaturated/α-hetero) is 1. The lowest BCUT2D eigenvalue weighted by molar-refractivity contribution is 0.100. The zero-order chi connectivity index (χ0) is 11.8. The molecule has 0 radical (unpaired) electrons. The lowest BCUT2D eigenvalue weighted by atomic mass is 10.1. The molecule has 0 aliphatic heterocycles. The zero-order valence-corrected chi connectivity index (χ0v) is 9.20. The van der Waals surface area contributed by atoms with Crippen LogP contribution in [0.25, 0.3) is 11.0 Å². The van der Waals surface area contributed by atoms with Crippen LogP contribution in [0.5, 0.6) is 0 Å². The first-order valence-electron chi connectivity index (χ1n) is 5.67. The molecule has 0 spiro atoms. The number of fused-ring (bicyclic) bond motifs is 1. The van der Waals surface area contributed by atoms with Gasteiger partial charge in [-0.05, 0) is 49.1 Å². The van der Waals surface area contributed by atoms with Crippen molar-refractivity contribution in [1.82, 2.24) is 0 Å². The number of rotatable bonds is 2. The van der Waals surface area contributed by atoms with E-state index in [1.54, 1.807) is 12.1 Å². The van der Waals surface area contributed by atoms with Gasteiger partial charge in [0.15, 0.2) is 5.76 Å². The van der Waals surface area contributed by atoms with Crippen LogP contribution >= 0.6 is 0 Å². The Morgan fingerprint density at radius 2 is 2.18 bits per heavy atom. The Bertz CT molecular complexity index is 622. The first-order chi connectivity index (χ1) is 8.24. The van der Waals surface area contributed by atoms with Crippen LogP contribution in [0.15, 0.2) is 40.3 Å². The van der Waals surface area contributed by atoms with E-state index < -0.39 is 0 Å². The molecule has 0 N–H and O–H groups in total. The van der Waals surface area contributed by atoms with Crippen molar-refractivity contribution in [3.05, 3.63) is 47.5 Å². The molecule has 3 heteroatoms. The summed E-state index contributed by atoms with van der Waals surface area (Å²) in [4.78, 5) is 12.0. The number of carbonyl (C=O) groups excluding carboxylic acids is 1. The van der Waals surface area contributed by atoms with Crippen LogP contribution in [0.3, 0.4) is 0 Å². The lowest BCUT2D eigenvalue weighted by Gasteiger charge is -1.95. The van der Waals surface area contributed by atoms with Gasteiger partial charge >= 0.3 is 0 Å². The largest absolute Gasteiger partial charge is 0.453 e. The van der Waals surface area contributed by atoms with Crippen molar-refractivity contribution in [2.45, 2.75) is 19.3 Å². The number of halogens is 1. The number of allylic oxidation sites excluding steroid dienone is 2. The minimum absolute atomic E-state index is 0.0703. The molecule has 0 fully saturated rings. The predicted octanol–water partition coefficient (Wildman–Crippen LogP) is 3.86. The summed E-state index contributed by atoms with van der Waals surface area (Å²) in [5.74, 6) is -0.0877. The summed E-state index contributed by atoms with van der Waals surface area (Å²) in [6.45, 7) is 0. The van der Waals surface area contributed by atoms with Crippen LogP contribution in [0.2, 0.25) is 0 Å². The number of hydrogen-bond acceptors (Lipinski definition) is 2. The molecule has 0 unspecified atom stereocenters. The van der Waals surface area contributed by atoms with Gasteiger partial charge in [-0.25, -0.2) is 4.39 Å². The molecule has 0 saturated heterocycles. The normalized spacial score (nSPS) is 15.2.